The Balaban J connectivity index is 2.40. The van der Waals surface area contributed by atoms with E-state index in [2.05, 4.69) is 4.98 Å². The molecule has 0 spiro atoms. The van der Waals surface area contributed by atoms with Crippen LogP contribution in [0, 0.1) is 0 Å². The summed E-state index contributed by atoms with van der Waals surface area (Å²) < 4.78 is 6.18. The molecule has 0 aliphatic heterocycles. The van der Waals surface area contributed by atoms with E-state index in [0.717, 1.165) is 6.08 Å². The smallest absolute Gasteiger partial charge is 0.421 e. The lowest BCUT2D eigenvalue weighted by Gasteiger charge is -1.94. The maximum absolute atomic E-state index is 11.4. The summed E-state index contributed by atoms with van der Waals surface area (Å²) in [5.74, 6) is -1.61. The number of rotatable bonds is 3. The Hall–Kier alpha value is -2.37. The fourth-order valence-electron chi connectivity index (χ4n) is 1.32. The first kappa shape index (κ1) is 10.2. The summed E-state index contributed by atoms with van der Waals surface area (Å²) >= 11 is 0. The van der Waals surface area contributed by atoms with Crippen molar-refractivity contribution in [3.05, 3.63) is 41.0 Å². The highest BCUT2D eigenvalue weighted by molar-refractivity contribution is 5.79. The van der Waals surface area contributed by atoms with Gasteiger partial charge in [0.2, 0.25) is 0 Å². The summed E-state index contributed by atoms with van der Waals surface area (Å²) in [5, 5.41) is 8.41. The highest BCUT2D eigenvalue weighted by Gasteiger charge is 2.07. The molecule has 2 rings (SSSR count). The molecule has 0 amide bonds. The van der Waals surface area contributed by atoms with Gasteiger partial charge in [0.05, 0.1) is 0 Å². The first-order valence-corrected chi connectivity index (χ1v) is 4.52. The van der Waals surface area contributed by atoms with Crippen LogP contribution >= 0.6 is 0 Å². The molecule has 1 N–H and O–H groups in total. The minimum Gasteiger partial charge on any atom is -0.478 e. The Morgan fingerprint density at radius 2 is 2.44 bits per heavy atom. The van der Waals surface area contributed by atoms with Crippen molar-refractivity contribution in [3.8, 4) is 0 Å². The number of pyridine rings is 1. The predicted octanol–water partition coefficient (Wildman–Crippen LogP) is 0.630. The van der Waals surface area contributed by atoms with Gasteiger partial charge >= 0.3 is 11.7 Å². The van der Waals surface area contributed by atoms with Crippen molar-refractivity contribution in [1.29, 1.82) is 0 Å². The van der Waals surface area contributed by atoms with Crippen LogP contribution in [0.2, 0.25) is 0 Å². The lowest BCUT2D eigenvalue weighted by molar-refractivity contribution is -0.131. The number of carbonyl (C=O) groups is 1. The fraction of sp³-hybridized carbons (Fsp3) is 0.100. The lowest BCUT2D eigenvalue weighted by atomic mass is 10.4. The molecule has 0 radical (unpaired) electrons. The Morgan fingerprint density at radius 1 is 1.62 bits per heavy atom. The molecular weight excluding hydrogens is 212 g/mol. The number of hydrogen-bond acceptors (Lipinski definition) is 4. The van der Waals surface area contributed by atoms with Gasteiger partial charge in [-0.3, -0.25) is 4.57 Å². The number of aromatic nitrogens is 2. The standard InChI is InChI=1S/C10H8N2O4/c13-8(14)4-2-6-12-9-7(16-10(12)15)3-1-5-11-9/h1-5H,6H2,(H,13,14)/b4-2+. The number of carboxylic acids is 1. The number of carboxylic acid groups (broad SMARTS) is 1. The second-order valence-corrected chi connectivity index (χ2v) is 3.04. The molecule has 0 bridgehead atoms. The topological polar surface area (TPSA) is 85.3 Å². The van der Waals surface area contributed by atoms with Gasteiger partial charge in [0, 0.05) is 18.8 Å². The zero-order valence-corrected chi connectivity index (χ0v) is 8.16. The second-order valence-electron chi connectivity index (χ2n) is 3.04. The van der Waals surface area contributed by atoms with E-state index in [1.54, 1.807) is 12.1 Å². The fourth-order valence-corrected chi connectivity index (χ4v) is 1.32. The molecule has 2 aromatic heterocycles. The van der Waals surface area contributed by atoms with E-state index in [1.165, 1.54) is 16.8 Å². The molecule has 16 heavy (non-hydrogen) atoms. The minimum absolute atomic E-state index is 0.120. The molecular formula is C10H8N2O4. The predicted molar refractivity (Wildman–Crippen MR) is 55.0 cm³/mol. The van der Waals surface area contributed by atoms with Gasteiger partial charge in [0.25, 0.3) is 0 Å². The maximum Gasteiger partial charge on any atom is 0.421 e. The van der Waals surface area contributed by atoms with Crippen LogP contribution in [0.5, 0.6) is 0 Å². The van der Waals surface area contributed by atoms with Gasteiger partial charge in [-0.05, 0) is 12.1 Å². The van der Waals surface area contributed by atoms with Crippen LogP contribution in [0.4, 0.5) is 0 Å². The molecule has 0 unspecified atom stereocenters. The second kappa shape index (κ2) is 4.01. The summed E-state index contributed by atoms with van der Waals surface area (Å²) in [6, 6.07) is 3.28. The maximum atomic E-state index is 11.4. The van der Waals surface area contributed by atoms with Gasteiger partial charge in [0.15, 0.2) is 11.2 Å². The van der Waals surface area contributed by atoms with Crippen LogP contribution < -0.4 is 5.76 Å². The van der Waals surface area contributed by atoms with Crippen molar-refractivity contribution in [2.75, 3.05) is 0 Å². The Labute approximate surface area is 89.4 Å². The molecule has 0 saturated carbocycles. The molecule has 2 heterocycles. The number of hydrogen-bond donors (Lipinski definition) is 1. The molecule has 0 aliphatic carbocycles. The van der Waals surface area contributed by atoms with Gasteiger partial charge in [-0.1, -0.05) is 6.08 Å². The van der Waals surface area contributed by atoms with E-state index in [1.807, 2.05) is 0 Å². The van der Waals surface area contributed by atoms with Crippen LogP contribution in [-0.4, -0.2) is 20.6 Å². The minimum atomic E-state index is -1.06. The highest BCUT2D eigenvalue weighted by Crippen LogP contribution is 2.08. The molecule has 82 valence electrons. The summed E-state index contributed by atoms with van der Waals surface area (Å²) in [4.78, 5) is 25.6. The van der Waals surface area contributed by atoms with Gasteiger partial charge < -0.3 is 9.52 Å². The third-order valence-electron chi connectivity index (χ3n) is 1.97. The van der Waals surface area contributed by atoms with E-state index >= 15 is 0 Å². The summed E-state index contributed by atoms with van der Waals surface area (Å²) in [6.07, 6.45) is 3.86. The first-order chi connectivity index (χ1) is 7.68. The largest absolute Gasteiger partial charge is 0.478 e. The lowest BCUT2D eigenvalue weighted by Crippen LogP contribution is -2.13. The van der Waals surface area contributed by atoms with E-state index < -0.39 is 11.7 Å². The summed E-state index contributed by atoms with van der Waals surface area (Å²) in [7, 11) is 0. The summed E-state index contributed by atoms with van der Waals surface area (Å²) in [5.41, 5.74) is 0.791. The van der Waals surface area contributed by atoms with Crippen molar-refractivity contribution in [2.45, 2.75) is 6.54 Å². The van der Waals surface area contributed by atoms with Crippen LogP contribution in [0.25, 0.3) is 11.2 Å². The highest BCUT2D eigenvalue weighted by atomic mass is 16.4. The zero-order valence-electron chi connectivity index (χ0n) is 8.16. The van der Waals surface area contributed by atoms with Crippen LogP contribution in [0.3, 0.4) is 0 Å². The van der Waals surface area contributed by atoms with Gasteiger partial charge in [-0.2, -0.15) is 0 Å². The SMILES string of the molecule is O=C(O)/C=C/Cn1c(=O)oc2cccnc21. The van der Waals surface area contributed by atoms with Crippen molar-refractivity contribution < 1.29 is 14.3 Å². The Bertz CT molecular complexity index is 609. The number of aliphatic carboxylic acids is 1. The molecule has 6 nitrogen and oxygen atoms in total. The third kappa shape index (κ3) is 1.85. The number of nitrogens with zero attached hydrogens (tertiary/aromatic N) is 2. The third-order valence-corrected chi connectivity index (χ3v) is 1.97. The quantitative estimate of drug-likeness (QED) is 0.767. The monoisotopic (exact) mass is 220 g/mol. The average molecular weight is 220 g/mol. The average Bonchev–Trinajstić information content (AvgIpc) is 2.55. The van der Waals surface area contributed by atoms with Crippen molar-refractivity contribution in [2.24, 2.45) is 0 Å². The van der Waals surface area contributed by atoms with Gasteiger partial charge in [0.1, 0.15) is 0 Å². The van der Waals surface area contributed by atoms with Crippen molar-refractivity contribution >= 4 is 17.2 Å². The summed E-state index contributed by atoms with van der Waals surface area (Å²) in [6.45, 7) is 0.120. The number of allylic oxidation sites excluding steroid dienone is 1. The van der Waals surface area contributed by atoms with E-state index in [-0.39, 0.29) is 6.54 Å². The molecule has 0 aliphatic rings. The van der Waals surface area contributed by atoms with Crippen LogP contribution in [0.15, 0.2) is 39.7 Å². The molecule has 0 fully saturated rings. The van der Waals surface area contributed by atoms with Crippen LogP contribution in [-0.2, 0) is 11.3 Å². The Kier molecular flexibility index (Phi) is 2.55. The van der Waals surface area contributed by atoms with Gasteiger partial charge in [-0.25, -0.2) is 14.6 Å². The molecule has 0 atom stereocenters. The first-order valence-electron chi connectivity index (χ1n) is 4.52. The zero-order chi connectivity index (χ0) is 11.5. The van der Waals surface area contributed by atoms with E-state index in [4.69, 9.17) is 9.52 Å². The molecule has 0 saturated heterocycles. The van der Waals surface area contributed by atoms with Crippen LogP contribution in [0.1, 0.15) is 0 Å². The molecule has 2 aromatic rings. The normalized spacial score (nSPS) is 11.2. The number of fused-ring (bicyclic) bond motifs is 1. The molecule has 0 aromatic carbocycles. The van der Waals surface area contributed by atoms with E-state index in [9.17, 15) is 9.59 Å². The molecule has 6 heteroatoms. The van der Waals surface area contributed by atoms with Crippen molar-refractivity contribution in [3.63, 3.8) is 0 Å². The number of oxazole rings is 1. The van der Waals surface area contributed by atoms with Crippen molar-refractivity contribution in [1.82, 2.24) is 9.55 Å². The van der Waals surface area contributed by atoms with E-state index in [0.29, 0.717) is 11.2 Å². The van der Waals surface area contributed by atoms with Gasteiger partial charge in [-0.15, -0.1) is 0 Å². The Morgan fingerprint density at radius 3 is 3.19 bits per heavy atom.